The quantitative estimate of drug-likeness (QED) is 0.791. The fourth-order valence-corrected chi connectivity index (χ4v) is 2.35. The summed E-state index contributed by atoms with van der Waals surface area (Å²) in [5.74, 6) is 0. The highest BCUT2D eigenvalue weighted by Gasteiger charge is 2.21. The molecule has 1 unspecified atom stereocenters. The molecule has 1 aromatic heterocycles. The summed E-state index contributed by atoms with van der Waals surface area (Å²) in [6.07, 6.45) is 6.71. The molecule has 0 radical (unpaired) electrons. The van der Waals surface area contributed by atoms with Crippen molar-refractivity contribution in [3.63, 3.8) is 0 Å². The third kappa shape index (κ3) is 4.15. The second kappa shape index (κ2) is 6.20. The summed E-state index contributed by atoms with van der Waals surface area (Å²) in [5.41, 5.74) is 0.373. The Morgan fingerprint density at radius 1 is 1.35 bits per heavy atom. The van der Waals surface area contributed by atoms with E-state index in [9.17, 15) is 5.11 Å². The van der Waals surface area contributed by atoms with Crippen LogP contribution in [0, 0.1) is 0 Å². The molecule has 0 fully saturated rings. The highest BCUT2D eigenvalue weighted by molar-refractivity contribution is 5.03. The Hall–Kier alpha value is -0.830. The lowest BCUT2D eigenvalue weighted by molar-refractivity contribution is 0.0494. The van der Waals surface area contributed by atoms with Crippen LogP contribution in [-0.2, 0) is 6.42 Å². The van der Waals surface area contributed by atoms with Crippen molar-refractivity contribution in [2.45, 2.75) is 71.4 Å². The van der Waals surface area contributed by atoms with Crippen LogP contribution in [0.15, 0.2) is 12.3 Å². The second-order valence-electron chi connectivity index (χ2n) is 5.18. The largest absolute Gasteiger partial charge is 0.390 e. The Morgan fingerprint density at radius 3 is 2.53 bits per heavy atom. The molecule has 0 saturated carbocycles. The molecule has 1 atom stereocenters. The predicted octanol–water partition coefficient (Wildman–Crippen LogP) is 3.34. The van der Waals surface area contributed by atoms with Crippen LogP contribution in [0.2, 0.25) is 0 Å². The van der Waals surface area contributed by atoms with E-state index in [0.717, 1.165) is 31.4 Å². The zero-order valence-corrected chi connectivity index (χ0v) is 11.6. The molecule has 0 aliphatic rings. The van der Waals surface area contributed by atoms with Crippen molar-refractivity contribution in [3.05, 3.63) is 18.0 Å². The first-order valence-corrected chi connectivity index (χ1v) is 6.78. The van der Waals surface area contributed by atoms with Gasteiger partial charge in [-0.1, -0.05) is 27.2 Å². The zero-order chi connectivity index (χ0) is 12.9. The highest BCUT2D eigenvalue weighted by Crippen LogP contribution is 2.19. The number of aromatic nitrogens is 2. The molecule has 1 N–H and O–H groups in total. The van der Waals surface area contributed by atoms with E-state index in [0.29, 0.717) is 12.5 Å². The molecular weight excluding hydrogens is 212 g/mol. The van der Waals surface area contributed by atoms with E-state index in [2.05, 4.69) is 25.9 Å². The van der Waals surface area contributed by atoms with Gasteiger partial charge in [0.25, 0.3) is 0 Å². The molecule has 0 bridgehead atoms. The Morgan fingerprint density at radius 2 is 2.00 bits per heavy atom. The number of hydrogen-bond donors (Lipinski definition) is 1. The van der Waals surface area contributed by atoms with Gasteiger partial charge in [0.2, 0.25) is 0 Å². The van der Waals surface area contributed by atoms with Crippen LogP contribution >= 0.6 is 0 Å². The van der Waals surface area contributed by atoms with Crippen LogP contribution in [0.4, 0.5) is 0 Å². The maximum absolute atomic E-state index is 10.2. The van der Waals surface area contributed by atoms with E-state index in [4.69, 9.17) is 0 Å². The molecule has 0 saturated heterocycles. The lowest BCUT2D eigenvalue weighted by atomic mass is 9.95. The normalized spacial score (nSPS) is 15.2. The van der Waals surface area contributed by atoms with Gasteiger partial charge in [-0.25, -0.2) is 0 Å². The summed E-state index contributed by atoms with van der Waals surface area (Å²) in [7, 11) is 0. The maximum Gasteiger partial charge on any atom is 0.0675 e. The van der Waals surface area contributed by atoms with Gasteiger partial charge in [0.15, 0.2) is 0 Å². The molecule has 0 aliphatic carbocycles. The molecule has 3 heteroatoms. The summed E-state index contributed by atoms with van der Waals surface area (Å²) in [5, 5.41) is 14.8. The summed E-state index contributed by atoms with van der Waals surface area (Å²) >= 11 is 0. The van der Waals surface area contributed by atoms with E-state index in [1.807, 2.05) is 23.9 Å². The fourth-order valence-electron chi connectivity index (χ4n) is 2.35. The van der Waals surface area contributed by atoms with Gasteiger partial charge >= 0.3 is 0 Å². The van der Waals surface area contributed by atoms with Crippen molar-refractivity contribution in [3.8, 4) is 0 Å². The van der Waals surface area contributed by atoms with Crippen LogP contribution in [0.5, 0.6) is 0 Å². The lowest BCUT2D eigenvalue weighted by Crippen LogP contribution is -2.27. The third-order valence-corrected chi connectivity index (χ3v) is 3.33. The van der Waals surface area contributed by atoms with Gasteiger partial charge in [-0.05, 0) is 32.3 Å². The molecule has 17 heavy (non-hydrogen) atoms. The SMILES string of the molecule is CCCC(C)(O)Cc1ccn(C(CC)CC)n1. The van der Waals surface area contributed by atoms with Crippen molar-refractivity contribution in [1.82, 2.24) is 9.78 Å². The van der Waals surface area contributed by atoms with Gasteiger partial charge in [-0.15, -0.1) is 0 Å². The Bertz CT molecular complexity index is 327. The Kier molecular flexibility index (Phi) is 5.19. The highest BCUT2D eigenvalue weighted by atomic mass is 16.3. The monoisotopic (exact) mass is 238 g/mol. The second-order valence-corrected chi connectivity index (χ2v) is 5.18. The third-order valence-electron chi connectivity index (χ3n) is 3.33. The number of rotatable bonds is 7. The first-order valence-electron chi connectivity index (χ1n) is 6.78. The minimum atomic E-state index is -0.623. The van der Waals surface area contributed by atoms with E-state index in [-0.39, 0.29) is 0 Å². The van der Waals surface area contributed by atoms with Crippen molar-refractivity contribution in [1.29, 1.82) is 0 Å². The first-order chi connectivity index (χ1) is 8.02. The number of hydrogen-bond acceptors (Lipinski definition) is 2. The first kappa shape index (κ1) is 14.2. The van der Waals surface area contributed by atoms with Crippen LogP contribution in [0.3, 0.4) is 0 Å². The Labute approximate surface area is 105 Å². The van der Waals surface area contributed by atoms with Gasteiger partial charge < -0.3 is 5.11 Å². The van der Waals surface area contributed by atoms with Crippen molar-refractivity contribution < 1.29 is 5.11 Å². The number of nitrogens with zero attached hydrogens (tertiary/aromatic N) is 2. The molecule has 98 valence electrons. The van der Waals surface area contributed by atoms with Crippen LogP contribution in [-0.4, -0.2) is 20.5 Å². The molecule has 1 rings (SSSR count). The van der Waals surface area contributed by atoms with Gasteiger partial charge in [0, 0.05) is 12.6 Å². The smallest absolute Gasteiger partial charge is 0.0675 e. The molecule has 3 nitrogen and oxygen atoms in total. The van der Waals surface area contributed by atoms with Crippen molar-refractivity contribution >= 4 is 0 Å². The fraction of sp³-hybridized carbons (Fsp3) is 0.786. The van der Waals surface area contributed by atoms with E-state index in [1.165, 1.54) is 0 Å². The predicted molar refractivity (Wildman–Crippen MR) is 71.1 cm³/mol. The average molecular weight is 238 g/mol. The van der Waals surface area contributed by atoms with E-state index in [1.54, 1.807) is 0 Å². The van der Waals surface area contributed by atoms with E-state index < -0.39 is 5.60 Å². The molecule has 1 heterocycles. The van der Waals surface area contributed by atoms with Gasteiger partial charge in [0.1, 0.15) is 0 Å². The van der Waals surface area contributed by atoms with Crippen LogP contribution in [0.1, 0.15) is 65.1 Å². The molecule has 0 spiro atoms. The zero-order valence-electron chi connectivity index (χ0n) is 11.6. The van der Waals surface area contributed by atoms with Crippen molar-refractivity contribution in [2.75, 3.05) is 0 Å². The molecule has 0 aliphatic heterocycles. The van der Waals surface area contributed by atoms with Gasteiger partial charge in [-0.3, -0.25) is 4.68 Å². The lowest BCUT2D eigenvalue weighted by Gasteiger charge is -2.21. The summed E-state index contributed by atoms with van der Waals surface area (Å²) in [6, 6.07) is 2.52. The molecule has 1 aromatic rings. The summed E-state index contributed by atoms with van der Waals surface area (Å²) in [6.45, 7) is 8.36. The van der Waals surface area contributed by atoms with Gasteiger partial charge in [-0.2, -0.15) is 5.10 Å². The minimum absolute atomic E-state index is 0.486. The molecular formula is C14H26N2O. The maximum atomic E-state index is 10.2. The number of aliphatic hydroxyl groups is 1. The minimum Gasteiger partial charge on any atom is -0.390 e. The van der Waals surface area contributed by atoms with Crippen LogP contribution < -0.4 is 0 Å². The standard InChI is InChI=1S/C14H26N2O/c1-5-9-14(4,17)11-12-8-10-16(15-12)13(6-2)7-3/h8,10,13,17H,5-7,9,11H2,1-4H3. The molecule has 0 aromatic carbocycles. The summed E-state index contributed by atoms with van der Waals surface area (Å²) < 4.78 is 2.04. The molecule has 0 amide bonds. The van der Waals surface area contributed by atoms with Crippen LogP contribution in [0.25, 0.3) is 0 Å². The average Bonchev–Trinajstić information content (AvgIpc) is 2.67. The van der Waals surface area contributed by atoms with E-state index >= 15 is 0 Å². The van der Waals surface area contributed by atoms with Crippen molar-refractivity contribution in [2.24, 2.45) is 0 Å². The Balaban J connectivity index is 2.68. The topological polar surface area (TPSA) is 38.0 Å². The summed E-state index contributed by atoms with van der Waals surface area (Å²) in [4.78, 5) is 0. The van der Waals surface area contributed by atoms with Gasteiger partial charge in [0.05, 0.1) is 17.3 Å².